The Morgan fingerprint density at radius 3 is 1.21 bits per heavy atom. The van der Waals surface area contributed by atoms with Crippen molar-refractivity contribution in [1.82, 2.24) is 0 Å². The Labute approximate surface area is 197 Å². The van der Waals surface area contributed by atoms with Gasteiger partial charge in [0.05, 0.1) is 5.57 Å². The fourth-order valence-electron chi connectivity index (χ4n) is 4.77. The van der Waals surface area contributed by atoms with E-state index in [1.54, 1.807) is 0 Å². The SMILES string of the molecule is CC(C)(c1ccccc1)c1ccccc1C(=C=O)c1ccccc1C(C)(C)c1ccccc1. The molecule has 0 atom stereocenters. The number of carbonyl (C=O) groups excluding carboxylic acids is 1. The highest BCUT2D eigenvalue weighted by molar-refractivity contribution is 5.99. The highest BCUT2D eigenvalue weighted by atomic mass is 16.1. The molecule has 4 aromatic rings. The quantitative estimate of drug-likeness (QED) is 0.288. The Balaban J connectivity index is 1.90. The summed E-state index contributed by atoms with van der Waals surface area (Å²) in [5.41, 5.74) is 6.56. The summed E-state index contributed by atoms with van der Waals surface area (Å²) in [4.78, 5) is 12.6. The highest BCUT2D eigenvalue weighted by Gasteiger charge is 2.30. The van der Waals surface area contributed by atoms with Crippen molar-refractivity contribution in [3.63, 3.8) is 0 Å². The van der Waals surface area contributed by atoms with Gasteiger partial charge < -0.3 is 0 Å². The number of hydrogen-bond donors (Lipinski definition) is 0. The van der Waals surface area contributed by atoms with Crippen LogP contribution in [0.5, 0.6) is 0 Å². The van der Waals surface area contributed by atoms with Gasteiger partial charge in [-0.05, 0) is 33.4 Å². The Bertz CT molecular complexity index is 1190. The van der Waals surface area contributed by atoms with Gasteiger partial charge in [-0.25, -0.2) is 4.79 Å². The summed E-state index contributed by atoms with van der Waals surface area (Å²) >= 11 is 0. The van der Waals surface area contributed by atoms with Crippen LogP contribution in [-0.2, 0) is 15.6 Å². The number of rotatable bonds is 6. The van der Waals surface area contributed by atoms with Crippen molar-refractivity contribution in [1.29, 1.82) is 0 Å². The first-order valence-corrected chi connectivity index (χ1v) is 11.4. The maximum Gasteiger partial charge on any atom is 0.133 e. The molecular formula is C32H30O. The lowest BCUT2D eigenvalue weighted by Crippen LogP contribution is -2.23. The zero-order chi connectivity index (χ0) is 23.5. The Kier molecular flexibility index (Phi) is 6.18. The summed E-state index contributed by atoms with van der Waals surface area (Å²) in [6, 6.07) is 37.4. The van der Waals surface area contributed by atoms with Gasteiger partial charge in [0, 0.05) is 10.8 Å². The fraction of sp³-hybridized carbons (Fsp3) is 0.188. The molecule has 0 saturated heterocycles. The minimum atomic E-state index is -0.274. The van der Waals surface area contributed by atoms with Gasteiger partial charge in [-0.1, -0.05) is 137 Å². The van der Waals surface area contributed by atoms with Gasteiger partial charge in [0.1, 0.15) is 5.94 Å². The van der Waals surface area contributed by atoms with Crippen molar-refractivity contribution in [3.05, 3.63) is 143 Å². The third kappa shape index (κ3) is 4.21. The maximum absolute atomic E-state index is 12.6. The van der Waals surface area contributed by atoms with Crippen LogP contribution in [-0.4, -0.2) is 5.94 Å². The molecule has 0 aromatic heterocycles. The zero-order valence-corrected chi connectivity index (χ0v) is 19.8. The summed E-state index contributed by atoms with van der Waals surface area (Å²) in [7, 11) is 0. The van der Waals surface area contributed by atoms with E-state index >= 15 is 0 Å². The van der Waals surface area contributed by atoms with Gasteiger partial charge in [-0.2, -0.15) is 0 Å². The third-order valence-electron chi connectivity index (χ3n) is 6.83. The van der Waals surface area contributed by atoms with Crippen LogP contribution in [0.15, 0.2) is 109 Å². The van der Waals surface area contributed by atoms with E-state index in [1.807, 2.05) is 48.5 Å². The standard InChI is InChI=1S/C32H30O/c1-31(2,24-15-7-5-8-16-24)29-21-13-11-19-26(29)28(23-33)27-20-12-14-22-30(27)32(3,4)25-17-9-6-10-18-25/h5-22H,1-4H3. The van der Waals surface area contributed by atoms with Crippen molar-refractivity contribution in [2.75, 3.05) is 0 Å². The molecule has 0 amide bonds. The van der Waals surface area contributed by atoms with Gasteiger partial charge >= 0.3 is 0 Å². The van der Waals surface area contributed by atoms with E-state index in [0.29, 0.717) is 5.57 Å². The van der Waals surface area contributed by atoms with Crippen molar-refractivity contribution in [2.45, 2.75) is 38.5 Å². The van der Waals surface area contributed by atoms with E-state index in [1.165, 1.54) is 11.1 Å². The van der Waals surface area contributed by atoms with E-state index in [4.69, 9.17) is 0 Å². The van der Waals surface area contributed by atoms with Crippen LogP contribution in [0.3, 0.4) is 0 Å². The van der Waals surface area contributed by atoms with E-state index in [2.05, 4.69) is 94.3 Å². The van der Waals surface area contributed by atoms with Crippen LogP contribution in [0.1, 0.15) is 61.1 Å². The molecule has 33 heavy (non-hydrogen) atoms. The zero-order valence-electron chi connectivity index (χ0n) is 19.8. The molecule has 0 fully saturated rings. The largest absolute Gasteiger partial charge is 0.233 e. The molecule has 4 aromatic carbocycles. The Morgan fingerprint density at radius 1 is 0.515 bits per heavy atom. The predicted molar refractivity (Wildman–Crippen MR) is 138 cm³/mol. The van der Waals surface area contributed by atoms with Crippen LogP contribution in [0.4, 0.5) is 0 Å². The second-order valence-corrected chi connectivity index (χ2v) is 9.55. The van der Waals surface area contributed by atoms with Crippen molar-refractivity contribution in [3.8, 4) is 0 Å². The molecule has 1 nitrogen and oxygen atoms in total. The molecule has 0 unspecified atom stereocenters. The van der Waals surface area contributed by atoms with Gasteiger partial charge in [-0.15, -0.1) is 0 Å². The Hall–Kier alpha value is -3.67. The topological polar surface area (TPSA) is 17.1 Å². The predicted octanol–water partition coefficient (Wildman–Crippen LogP) is 7.60. The summed E-state index contributed by atoms with van der Waals surface area (Å²) in [5.74, 6) is 2.33. The lowest BCUT2D eigenvalue weighted by atomic mass is 9.72. The van der Waals surface area contributed by atoms with Gasteiger partial charge in [0.15, 0.2) is 0 Å². The first-order valence-electron chi connectivity index (χ1n) is 11.4. The van der Waals surface area contributed by atoms with Crippen LogP contribution in [0.2, 0.25) is 0 Å². The normalized spacial score (nSPS) is 11.6. The van der Waals surface area contributed by atoms with Crippen LogP contribution < -0.4 is 0 Å². The molecular weight excluding hydrogens is 400 g/mol. The van der Waals surface area contributed by atoms with Crippen molar-refractivity contribution >= 4 is 11.5 Å². The van der Waals surface area contributed by atoms with E-state index in [0.717, 1.165) is 22.3 Å². The molecule has 0 N–H and O–H groups in total. The second kappa shape index (κ2) is 9.06. The van der Waals surface area contributed by atoms with E-state index < -0.39 is 0 Å². The molecule has 4 rings (SSSR count). The Morgan fingerprint density at radius 2 is 0.848 bits per heavy atom. The summed E-state index contributed by atoms with van der Waals surface area (Å²) in [5, 5.41) is 0. The molecule has 0 bridgehead atoms. The summed E-state index contributed by atoms with van der Waals surface area (Å²) in [6.45, 7) is 8.85. The van der Waals surface area contributed by atoms with E-state index in [-0.39, 0.29) is 10.8 Å². The molecule has 0 aliphatic carbocycles. The average molecular weight is 431 g/mol. The summed E-state index contributed by atoms with van der Waals surface area (Å²) < 4.78 is 0. The monoisotopic (exact) mass is 430 g/mol. The van der Waals surface area contributed by atoms with Gasteiger partial charge in [0.25, 0.3) is 0 Å². The lowest BCUT2D eigenvalue weighted by molar-refractivity contribution is 0.569. The first kappa shape index (κ1) is 22.5. The minimum absolute atomic E-state index is 0.274. The molecule has 0 saturated carbocycles. The average Bonchev–Trinajstić information content (AvgIpc) is 2.86. The molecule has 0 radical (unpaired) electrons. The lowest BCUT2D eigenvalue weighted by Gasteiger charge is -2.31. The highest BCUT2D eigenvalue weighted by Crippen LogP contribution is 2.41. The molecule has 0 aliphatic heterocycles. The summed E-state index contributed by atoms with van der Waals surface area (Å²) in [6.07, 6.45) is 0. The smallest absolute Gasteiger partial charge is 0.133 e. The molecule has 0 heterocycles. The van der Waals surface area contributed by atoms with Gasteiger partial charge in [0.2, 0.25) is 0 Å². The number of hydrogen-bond acceptors (Lipinski definition) is 1. The van der Waals surface area contributed by atoms with Crippen LogP contribution in [0.25, 0.3) is 5.57 Å². The van der Waals surface area contributed by atoms with Crippen LogP contribution >= 0.6 is 0 Å². The second-order valence-electron chi connectivity index (χ2n) is 9.55. The first-order chi connectivity index (χ1) is 15.9. The minimum Gasteiger partial charge on any atom is -0.233 e. The van der Waals surface area contributed by atoms with Crippen molar-refractivity contribution < 1.29 is 4.79 Å². The maximum atomic E-state index is 12.6. The molecule has 1 heteroatoms. The third-order valence-corrected chi connectivity index (χ3v) is 6.83. The molecule has 0 spiro atoms. The van der Waals surface area contributed by atoms with E-state index in [9.17, 15) is 4.79 Å². The fourth-order valence-corrected chi connectivity index (χ4v) is 4.77. The van der Waals surface area contributed by atoms with Crippen molar-refractivity contribution in [2.24, 2.45) is 0 Å². The van der Waals surface area contributed by atoms with Crippen LogP contribution in [0, 0.1) is 0 Å². The van der Waals surface area contributed by atoms with Gasteiger partial charge in [-0.3, -0.25) is 0 Å². The molecule has 164 valence electrons. The molecule has 0 aliphatic rings. The number of benzene rings is 4.